The molecule has 0 unspecified atom stereocenters. The maximum Gasteiger partial charge on any atom is 0.255 e. The lowest BCUT2D eigenvalue weighted by molar-refractivity contribution is -0.134. The van der Waals surface area contributed by atoms with E-state index in [0.29, 0.717) is 11.3 Å². The zero-order chi connectivity index (χ0) is 15.6. The third-order valence-corrected chi connectivity index (χ3v) is 4.19. The second-order valence-electron chi connectivity index (χ2n) is 6.12. The molecule has 0 radical (unpaired) electrons. The first kappa shape index (κ1) is 15.6. The average Bonchev–Trinajstić information content (AvgIpc) is 2.77. The molecule has 1 N–H and O–H groups in total. The van der Waals surface area contributed by atoms with Gasteiger partial charge in [-0.1, -0.05) is 6.42 Å². The smallest absolute Gasteiger partial charge is 0.255 e. The van der Waals surface area contributed by atoms with Gasteiger partial charge >= 0.3 is 0 Å². The minimum Gasteiger partial charge on any atom is -0.469 e. The fourth-order valence-corrected chi connectivity index (χ4v) is 3.08. The van der Waals surface area contributed by atoms with Crippen molar-refractivity contribution in [2.75, 3.05) is 14.1 Å². The van der Waals surface area contributed by atoms with E-state index in [-0.39, 0.29) is 23.8 Å². The van der Waals surface area contributed by atoms with Crippen LogP contribution < -0.4 is 5.32 Å². The summed E-state index contributed by atoms with van der Waals surface area (Å²) in [5.41, 5.74) is 1.47. The Balaban J connectivity index is 2.00. The van der Waals surface area contributed by atoms with Crippen molar-refractivity contribution in [1.82, 2.24) is 10.2 Å². The van der Waals surface area contributed by atoms with Crippen LogP contribution in [-0.2, 0) is 4.79 Å². The van der Waals surface area contributed by atoms with E-state index in [2.05, 4.69) is 5.32 Å². The van der Waals surface area contributed by atoms with Crippen LogP contribution in [0.3, 0.4) is 0 Å². The summed E-state index contributed by atoms with van der Waals surface area (Å²) >= 11 is 0. The summed E-state index contributed by atoms with van der Waals surface area (Å²) < 4.78 is 5.27. The van der Waals surface area contributed by atoms with E-state index in [9.17, 15) is 9.59 Å². The summed E-state index contributed by atoms with van der Waals surface area (Å²) in [4.78, 5) is 26.1. The number of amides is 2. The maximum absolute atomic E-state index is 12.4. The molecule has 1 aromatic rings. The molecular weight excluding hydrogens is 268 g/mol. The minimum absolute atomic E-state index is 0.0191. The highest BCUT2D eigenvalue weighted by atomic mass is 16.3. The fourth-order valence-electron chi connectivity index (χ4n) is 3.08. The van der Waals surface area contributed by atoms with Crippen LogP contribution in [0, 0.1) is 19.8 Å². The van der Waals surface area contributed by atoms with Crippen LogP contribution >= 0.6 is 0 Å². The quantitative estimate of drug-likeness (QED) is 0.929. The number of carbonyl (C=O) groups excluding carboxylic acids is 2. The maximum atomic E-state index is 12.4. The van der Waals surface area contributed by atoms with Crippen LogP contribution in [0.25, 0.3) is 0 Å². The van der Waals surface area contributed by atoms with E-state index < -0.39 is 0 Å². The molecule has 2 amide bonds. The highest BCUT2D eigenvalue weighted by molar-refractivity contribution is 5.96. The predicted octanol–water partition coefficient (Wildman–Crippen LogP) is 2.27. The molecule has 2 atom stereocenters. The van der Waals surface area contributed by atoms with Gasteiger partial charge in [0.2, 0.25) is 5.91 Å². The number of aryl methyl sites for hydroxylation is 2. The molecule has 0 bridgehead atoms. The monoisotopic (exact) mass is 292 g/mol. The lowest BCUT2D eigenvalue weighted by Gasteiger charge is -2.30. The largest absolute Gasteiger partial charge is 0.469 e. The van der Waals surface area contributed by atoms with Crippen LogP contribution in [0.1, 0.15) is 47.4 Å². The van der Waals surface area contributed by atoms with Crippen molar-refractivity contribution in [3.05, 3.63) is 23.2 Å². The molecule has 116 valence electrons. The van der Waals surface area contributed by atoms with Crippen molar-refractivity contribution >= 4 is 11.8 Å². The minimum atomic E-state index is -0.0956. The molecule has 0 saturated heterocycles. The third-order valence-electron chi connectivity index (χ3n) is 4.19. The Kier molecular flexibility index (Phi) is 4.70. The topological polar surface area (TPSA) is 62.6 Å². The van der Waals surface area contributed by atoms with Crippen molar-refractivity contribution < 1.29 is 14.0 Å². The Morgan fingerprint density at radius 1 is 1.29 bits per heavy atom. The Morgan fingerprint density at radius 2 is 2.00 bits per heavy atom. The Bertz CT molecular complexity index is 514. The molecule has 1 saturated carbocycles. The highest BCUT2D eigenvalue weighted by Crippen LogP contribution is 2.26. The van der Waals surface area contributed by atoms with Crippen LogP contribution in [0.15, 0.2) is 10.7 Å². The number of furan rings is 1. The molecule has 1 fully saturated rings. The van der Waals surface area contributed by atoms with Gasteiger partial charge in [-0.05, 0) is 33.1 Å². The van der Waals surface area contributed by atoms with Crippen LogP contribution in [0.4, 0.5) is 0 Å². The zero-order valence-electron chi connectivity index (χ0n) is 13.2. The summed E-state index contributed by atoms with van der Waals surface area (Å²) in [6, 6.07) is 0.0637. The van der Waals surface area contributed by atoms with Gasteiger partial charge in [-0.3, -0.25) is 9.59 Å². The van der Waals surface area contributed by atoms with Crippen LogP contribution in [-0.4, -0.2) is 36.9 Å². The fraction of sp³-hybridized carbons (Fsp3) is 0.625. The van der Waals surface area contributed by atoms with Gasteiger partial charge in [0, 0.05) is 31.6 Å². The molecule has 1 heterocycles. The molecule has 1 aliphatic carbocycles. The van der Waals surface area contributed by atoms with Gasteiger partial charge in [-0.25, -0.2) is 0 Å². The van der Waals surface area contributed by atoms with E-state index in [1.807, 2.05) is 6.92 Å². The first-order chi connectivity index (χ1) is 9.90. The number of nitrogens with zero attached hydrogens (tertiary/aromatic N) is 1. The molecule has 2 rings (SSSR count). The van der Waals surface area contributed by atoms with Crippen molar-refractivity contribution in [1.29, 1.82) is 0 Å². The van der Waals surface area contributed by atoms with Gasteiger partial charge in [-0.15, -0.1) is 0 Å². The Hall–Kier alpha value is -1.78. The summed E-state index contributed by atoms with van der Waals surface area (Å²) in [6.45, 7) is 3.66. The molecule has 5 heteroatoms. The second kappa shape index (κ2) is 6.33. The van der Waals surface area contributed by atoms with Crippen LogP contribution in [0.5, 0.6) is 0 Å². The first-order valence-corrected chi connectivity index (χ1v) is 7.47. The molecule has 5 nitrogen and oxygen atoms in total. The number of hydrogen-bond acceptors (Lipinski definition) is 3. The van der Waals surface area contributed by atoms with Gasteiger partial charge in [0.1, 0.15) is 5.76 Å². The number of carbonyl (C=O) groups is 2. The number of hydrogen-bond donors (Lipinski definition) is 1. The first-order valence-electron chi connectivity index (χ1n) is 7.47. The van der Waals surface area contributed by atoms with Gasteiger partial charge in [0.15, 0.2) is 0 Å². The average molecular weight is 292 g/mol. The van der Waals surface area contributed by atoms with E-state index in [0.717, 1.165) is 31.2 Å². The molecular formula is C16H24N2O3. The van der Waals surface area contributed by atoms with E-state index in [4.69, 9.17) is 4.42 Å². The number of rotatable bonds is 3. The predicted molar refractivity (Wildman–Crippen MR) is 80.1 cm³/mol. The van der Waals surface area contributed by atoms with Gasteiger partial charge < -0.3 is 14.6 Å². The summed E-state index contributed by atoms with van der Waals surface area (Å²) in [5.74, 6) is 0.721. The van der Waals surface area contributed by atoms with Crippen molar-refractivity contribution in [2.45, 2.75) is 45.6 Å². The van der Waals surface area contributed by atoms with E-state index >= 15 is 0 Å². The Morgan fingerprint density at radius 3 is 2.57 bits per heavy atom. The summed E-state index contributed by atoms with van der Waals surface area (Å²) in [5, 5.41) is 3.06. The SMILES string of the molecule is Cc1coc(C)c1C(=O)N[C@H]1CCC[C@@H](C(=O)N(C)C)C1. The lowest BCUT2D eigenvalue weighted by atomic mass is 9.84. The lowest BCUT2D eigenvalue weighted by Crippen LogP contribution is -2.42. The summed E-state index contributed by atoms with van der Waals surface area (Å²) in [7, 11) is 3.56. The zero-order valence-corrected chi connectivity index (χ0v) is 13.2. The van der Waals surface area contributed by atoms with E-state index in [1.54, 1.807) is 32.2 Å². The van der Waals surface area contributed by atoms with Crippen molar-refractivity contribution in [3.8, 4) is 0 Å². The van der Waals surface area contributed by atoms with Gasteiger partial charge in [0.05, 0.1) is 11.8 Å². The number of nitrogens with one attached hydrogen (secondary N) is 1. The molecule has 1 aliphatic rings. The van der Waals surface area contributed by atoms with Crippen molar-refractivity contribution in [3.63, 3.8) is 0 Å². The normalized spacial score (nSPS) is 21.9. The molecule has 0 spiro atoms. The van der Waals surface area contributed by atoms with Gasteiger partial charge in [-0.2, -0.15) is 0 Å². The standard InChI is InChI=1S/C16H24N2O3/c1-10-9-21-11(2)14(10)15(19)17-13-7-5-6-12(8-13)16(20)18(3)4/h9,12-13H,5-8H2,1-4H3,(H,17,19)/t12-,13+/m1/s1. The summed E-state index contributed by atoms with van der Waals surface area (Å²) in [6.07, 6.45) is 5.13. The van der Waals surface area contributed by atoms with Crippen molar-refractivity contribution in [2.24, 2.45) is 5.92 Å². The molecule has 0 aliphatic heterocycles. The molecule has 1 aromatic heterocycles. The highest BCUT2D eigenvalue weighted by Gasteiger charge is 2.29. The third kappa shape index (κ3) is 3.46. The molecule has 21 heavy (non-hydrogen) atoms. The van der Waals surface area contributed by atoms with Gasteiger partial charge in [0.25, 0.3) is 5.91 Å². The van der Waals surface area contributed by atoms with E-state index in [1.165, 1.54) is 0 Å². The Labute approximate surface area is 125 Å². The van der Waals surface area contributed by atoms with Crippen LogP contribution in [0.2, 0.25) is 0 Å². The molecule has 0 aromatic carbocycles. The second-order valence-corrected chi connectivity index (χ2v) is 6.12.